The topological polar surface area (TPSA) is 137 Å². The zero-order valence-corrected chi connectivity index (χ0v) is 28.1. The lowest BCUT2D eigenvalue weighted by Gasteiger charge is -2.35. The van der Waals surface area contributed by atoms with Gasteiger partial charge in [0.2, 0.25) is 15.9 Å². The van der Waals surface area contributed by atoms with Crippen LogP contribution < -0.4 is 14.9 Å². The van der Waals surface area contributed by atoms with E-state index >= 15 is 0 Å². The third-order valence-corrected chi connectivity index (χ3v) is 9.15. The van der Waals surface area contributed by atoms with Crippen molar-refractivity contribution in [3.05, 3.63) is 112 Å². The van der Waals surface area contributed by atoms with Gasteiger partial charge >= 0.3 is 0 Å². The van der Waals surface area contributed by atoms with Gasteiger partial charge in [0.05, 0.1) is 46.9 Å². The first-order valence-corrected chi connectivity index (χ1v) is 17.5. The highest BCUT2D eigenvalue weighted by Crippen LogP contribution is 2.39. The van der Waals surface area contributed by atoms with Crippen molar-refractivity contribution in [3.8, 4) is 0 Å². The van der Waals surface area contributed by atoms with Crippen LogP contribution in [0.15, 0.2) is 78.0 Å². The first kappa shape index (κ1) is 33.1. The Hall–Kier alpha value is -5.41. The number of rotatable bonds is 9. The predicted molar refractivity (Wildman–Crippen MR) is 186 cm³/mol. The second-order valence-electron chi connectivity index (χ2n) is 12.0. The number of pyridine rings is 1. The van der Waals surface area contributed by atoms with Crippen molar-refractivity contribution in [1.82, 2.24) is 25.1 Å². The van der Waals surface area contributed by atoms with Crippen molar-refractivity contribution in [1.29, 1.82) is 0 Å². The molecule has 1 aliphatic heterocycles. The molecule has 3 aromatic heterocycles. The summed E-state index contributed by atoms with van der Waals surface area (Å²) in [7, 11) is -2.10. The van der Waals surface area contributed by atoms with Crippen molar-refractivity contribution in [2.24, 2.45) is 12.0 Å². The van der Waals surface area contributed by atoms with Crippen molar-refractivity contribution in [2.75, 3.05) is 15.9 Å². The molecule has 0 spiro atoms. The number of amides is 1. The fourth-order valence-electron chi connectivity index (χ4n) is 6.26. The van der Waals surface area contributed by atoms with Gasteiger partial charge in [-0.3, -0.25) is 14.2 Å². The van der Waals surface area contributed by atoms with Gasteiger partial charge in [-0.1, -0.05) is 17.7 Å². The number of nitrogens with one attached hydrogen (secondary N) is 3. The molecule has 256 valence electrons. The average molecular weight is 721 g/mol. The lowest BCUT2D eigenvalue weighted by atomic mass is 10.0. The summed E-state index contributed by atoms with van der Waals surface area (Å²) < 4.78 is 71.3. The molecule has 0 aliphatic carbocycles. The van der Waals surface area contributed by atoms with E-state index in [1.807, 2.05) is 6.07 Å². The normalized spacial score (nSPS) is 13.7. The minimum atomic E-state index is -3.73. The first-order chi connectivity index (χ1) is 23.8. The molecule has 50 heavy (non-hydrogen) atoms. The molecule has 0 bridgehead atoms. The van der Waals surface area contributed by atoms with Gasteiger partial charge in [0.1, 0.15) is 23.3 Å². The molecule has 0 unspecified atom stereocenters. The van der Waals surface area contributed by atoms with E-state index in [0.29, 0.717) is 38.9 Å². The Balaban J connectivity index is 1.35. The van der Waals surface area contributed by atoms with Gasteiger partial charge < -0.3 is 15.2 Å². The molecule has 1 aliphatic rings. The van der Waals surface area contributed by atoms with E-state index in [0.717, 1.165) is 17.9 Å². The summed E-state index contributed by atoms with van der Waals surface area (Å²) in [4.78, 5) is 28.0. The second-order valence-corrected chi connectivity index (χ2v) is 14.1. The molecule has 1 atom stereocenters. The molecule has 7 rings (SSSR count). The Bertz CT molecular complexity index is 2450. The standard InChI is InChI=1S/C34H28ClF3N8O3S/c1-45-31-28(8-6-25(35)30(31)33(43-45)44-50(2,48)49)46-17-19-4-3-9-39-32(19)42-34(46)27(12-18-10-22(37)14-23(38)11-18)41-29(47)13-20-16-40-26-7-5-21(36)15-24(20)26/h3-11,14-16,27,40H,12-13,17H2,1-2H3,(H,41,47)(H,43,44)/t27-/m0/s1. The highest BCUT2D eigenvalue weighted by atomic mass is 35.5. The maximum absolute atomic E-state index is 14.4. The highest BCUT2D eigenvalue weighted by molar-refractivity contribution is 7.92. The third-order valence-electron chi connectivity index (χ3n) is 8.27. The van der Waals surface area contributed by atoms with Crippen LogP contribution in [0.25, 0.3) is 21.8 Å². The number of hydrogen-bond acceptors (Lipinski definition) is 7. The number of aromatic nitrogens is 4. The van der Waals surface area contributed by atoms with Crippen LogP contribution in [0.2, 0.25) is 5.02 Å². The molecule has 0 saturated carbocycles. The van der Waals surface area contributed by atoms with E-state index in [9.17, 15) is 26.4 Å². The SMILES string of the molecule is Cn1nc(NS(C)(=O)=O)c2c(Cl)ccc(N3Cc4cccnc4N=C3[C@H](Cc3cc(F)cc(F)c3)NC(=O)Cc3c[nH]c4ccc(F)cc34)c21. The van der Waals surface area contributed by atoms with Crippen LogP contribution in [0.3, 0.4) is 0 Å². The number of anilines is 2. The number of carbonyl (C=O) groups excluding carboxylic acids is 1. The van der Waals surface area contributed by atoms with Gasteiger partial charge in [-0.15, -0.1) is 0 Å². The van der Waals surface area contributed by atoms with Crippen molar-refractivity contribution in [3.63, 3.8) is 0 Å². The molecule has 0 radical (unpaired) electrons. The Labute approximate surface area is 288 Å². The number of aryl methyl sites for hydroxylation is 1. The van der Waals surface area contributed by atoms with E-state index in [1.54, 1.807) is 48.6 Å². The molecule has 11 nitrogen and oxygen atoms in total. The summed E-state index contributed by atoms with van der Waals surface area (Å²) in [5.74, 6) is -1.83. The predicted octanol–water partition coefficient (Wildman–Crippen LogP) is 5.91. The Morgan fingerprint density at radius 3 is 2.60 bits per heavy atom. The van der Waals surface area contributed by atoms with Crippen molar-refractivity contribution < 1.29 is 26.4 Å². The van der Waals surface area contributed by atoms with Crippen LogP contribution in [0.4, 0.5) is 30.5 Å². The van der Waals surface area contributed by atoms with Gasteiger partial charge in [-0.25, -0.2) is 31.6 Å². The summed E-state index contributed by atoms with van der Waals surface area (Å²) in [5.41, 5.74) is 3.13. The van der Waals surface area contributed by atoms with Gasteiger partial charge in [0.15, 0.2) is 11.6 Å². The van der Waals surface area contributed by atoms with Crippen molar-refractivity contribution >= 4 is 72.5 Å². The fourth-order valence-corrected chi connectivity index (χ4v) is 7.00. The third kappa shape index (κ3) is 6.61. The molecule has 0 saturated heterocycles. The van der Waals surface area contributed by atoms with Crippen molar-refractivity contribution in [2.45, 2.75) is 25.4 Å². The zero-order valence-electron chi connectivity index (χ0n) is 26.5. The van der Waals surface area contributed by atoms with Crippen LogP contribution in [-0.2, 0) is 41.3 Å². The van der Waals surface area contributed by atoms with Crippen LogP contribution in [0.1, 0.15) is 16.7 Å². The number of halogens is 4. The Morgan fingerprint density at radius 1 is 1.06 bits per heavy atom. The molecular formula is C34H28ClF3N8O3S. The number of benzene rings is 3. The number of sulfonamides is 1. The van der Waals surface area contributed by atoms with Crippen LogP contribution >= 0.6 is 11.6 Å². The van der Waals surface area contributed by atoms with Gasteiger partial charge in [0.25, 0.3) is 0 Å². The molecule has 16 heteroatoms. The summed E-state index contributed by atoms with van der Waals surface area (Å²) in [5, 5.41) is 8.49. The number of nitrogens with zero attached hydrogens (tertiary/aromatic N) is 5. The lowest BCUT2D eigenvalue weighted by molar-refractivity contribution is -0.120. The zero-order chi connectivity index (χ0) is 35.3. The number of H-pyrrole nitrogens is 1. The Morgan fingerprint density at radius 2 is 1.84 bits per heavy atom. The number of aromatic amines is 1. The molecule has 0 fully saturated rings. The molecule has 1 amide bonds. The Kier molecular flexibility index (Phi) is 8.48. The molecule has 6 aromatic rings. The molecular weight excluding hydrogens is 693 g/mol. The first-order valence-electron chi connectivity index (χ1n) is 15.3. The van der Waals surface area contributed by atoms with E-state index in [2.05, 4.69) is 25.1 Å². The van der Waals surface area contributed by atoms with Gasteiger partial charge in [-0.2, -0.15) is 5.10 Å². The smallest absolute Gasteiger partial charge is 0.231 e. The van der Waals surface area contributed by atoms with Gasteiger partial charge in [0, 0.05) is 48.4 Å². The summed E-state index contributed by atoms with van der Waals surface area (Å²) >= 11 is 6.62. The van der Waals surface area contributed by atoms with E-state index in [4.69, 9.17) is 16.6 Å². The van der Waals surface area contributed by atoms with E-state index in [-0.39, 0.29) is 41.6 Å². The minimum absolute atomic E-state index is 0.0182. The largest absolute Gasteiger partial charge is 0.361 e. The minimum Gasteiger partial charge on any atom is -0.361 e. The number of fused-ring (bicyclic) bond motifs is 3. The molecule has 4 heterocycles. The summed E-state index contributed by atoms with van der Waals surface area (Å²) in [6, 6.07) is 13.3. The van der Waals surface area contributed by atoms with E-state index in [1.165, 1.54) is 28.9 Å². The number of amidine groups is 1. The monoisotopic (exact) mass is 720 g/mol. The lowest BCUT2D eigenvalue weighted by Crippen LogP contribution is -2.51. The number of aliphatic imine (C=N–C) groups is 1. The maximum Gasteiger partial charge on any atom is 0.231 e. The fraction of sp³-hybridized carbons (Fsp3) is 0.176. The van der Waals surface area contributed by atoms with Crippen LogP contribution in [-0.4, -0.2) is 52.2 Å². The van der Waals surface area contributed by atoms with Gasteiger partial charge in [-0.05, 0) is 59.7 Å². The summed E-state index contributed by atoms with van der Waals surface area (Å²) in [6.45, 7) is 0.199. The van der Waals surface area contributed by atoms with Crippen LogP contribution in [0.5, 0.6) is 0 Å². The molecule has 3 N–H and O–H groups in total. The quantitative estimate of drug-likeness (QED) is 0.170. The molecule has 3 aromatic carbocycles. The van der Waals surface area contributed by atoms with Crippen LogP contribution in [0, 0.1) is 17.5 Å². The number of carbonyl (C=O) groups is 1. The average Bonchev–Trinajstić information content (AvgIpc) is 3.58. The summed E-state index contributed by atoms with van der Waals surface area (Å²) in [6.07, 6.45) is 3.97. The highest BCUT2D eigenvalue weighted by Gasteiger charge is 2.33. The number of hydrogen-bond donors (Lipinski definition) is 3. The van der Waals surface area contributed by atoms with E-state index < -0.39 is 39.4 Å². The maximum atomic E-state index is 14.4. The second kappa shape index (κ2) is 12.8.